The summed E-state index contributed by atoms with van der Waals surface area (Å²) in [6, 6.07) is 6.41. The lowest BCUT2D eigenvalue weighted by molar-refractivity contribution is -0.118. The molecular weight excluding hydrogens is 208 g/mol. The first-order valence-electron chi connectivity index (χ1n) is 6.28. The fourth-order valence-electron chi connectivity index (χ4n) is 2.71. The molecule has 1 aliphatic carbocycles. The van der Waals surface area contributed by atoms with Crippen LogP contribution in [0.2, 0.25) is 0 Å². The molecule has 1 heteroatoms. The molecule has 0 saturated carbocycles. The standard InChI is InChI=1S/C16H20O/c1-10-8-15(13(4)16(17)9-10)14-7-5-6-11(2)12(14)3/h5-7,9,13,15H,8H2,1-4H3. The average Bonchev–Trinajstić information content (AvgIpc) is 2.27. The molecule has 0 fully saturated rings. The predicted molar refractivity (Wildman–Crippen MR) is 71.2 cm³/mol. The van der Waals surface area contributed by atoms with E-state index in [0.29, 0.717) is 5.92 Å². The Morgan fingerprint density at radius 3 is 2.59 bits per heavy atom. The Labute approximate surface area is 104 Å². The van der Waals surface area contributed by atoms with Gasteiger partial charge in [0.05, 0.1) is 0 Å². The van der Waals surface area contributed by atoms with Crippen molar-refractivity contribution < 1.29 is 4.79 Å². The van der Waals surface area contributed by atoms with Crippen LogP contribution >= 0.6 is 0 Å². The van der Waals surface area contributed by atoms with Crippen molar-refractivity contribution in [1.82, 2.24) is 0 Å². The van der Waals surface area contributed by atoms with Crippen molar-refractivity contribution in [3.05, 3.63) is 46.5 Å². The molecule has 90 valence electrons. The maximum Gasteiger partial charge on any atom is 0.159 e. The Morgan fingerprint density at radius 2 is 1.88 bits per heavy atom. The molecule has 2 rings (SSSR count). The van der Waals surface area contributed by atoms with Gasteiger partial charge in [-0.2, -0.15) is 0 Å². The third-order valence-corrected chi connectivity index (χ3v) is 4.03. The second-order valence-corrected chi connectivity index (χ2v) is 5.28. The number of ketones is 1. The van der Waals surface area contributed by atoms with Crippen molar-refractivity contribution in [1.29, 1.82) is 0 Å². The van der Waals surface area contributed by atoms with Gasteiger partial charge in [0.15, 0.2) is 5.78 Å². The third-order valence-electron chi connectivity index (χ3n) is 4.03. The number of hydrogen-bond donors (Lipinski definition) is 0. The SMILES string of the molecule is CC1=CC(=O)C(C)C(c2cccc(C)c2C)C1. The number of rotatable bonds is 1. The van der Waals surface area contributed by atoms with E-state index < -0.39 is 0 Å². The fraction of sp³-hybridized carbons (Fsp3) is 0.438. The molecule has 0 N–H and O–H groups in total. The first-order chi connectivity index (χ1) is 8.00. The van der Waals surface area contributed by atoms with Gasteiger partial charge in [0.25, 0.3) is 0 Å². The van der Waals surface area contributed by atoms with E-state index in [0.717, 1.165) is 6.42 Å². The molecule has 0 aliphatic heterocycles. The summed E-state index contributed by atoms with van der Waals surface area (Å²) in [4.78, 5) is 11.9. The van der Waals surface area contributed by atoms with Crippen molar-refractivity contribution in [3.8, 4) is 0 Å². The van der Waals surface area contributed by atoms with Crippen LogP contribution in [0.25, 0.3) is 0 Å². The Bertz CT molecular complexity index is 482. The fourth-order valence-corrected chi connectivity index (χ4v) is 2.71. The Balaban J connectivity index is 2.44. The van der Waals surface area contributed by atoms with Crippen LogP contribution in [0.3, 0.4) is 0 Å². The minimum absolute atomic E-state index is 0.110. The summed E-state index contributed by atoms with van der Waals surface area (Å²) >= 11 is 0. The molecule has 2 atom stereocenters. The highest BCUT2D eigenvalue weighted by Crippen LogP contribution is 2.37. The summed E-state index contributed by atoms with van der Waals surface area (Å²) in [6.07, 6.45) is 2.82. The minimum Gasteiger partial charge on any atom is -0.295 e. The molecule has 0 radical (unpaired) electrons. The van der Waals surface area contributed by atoms with Crippen LogP contribution in [0.5, 0.6) is 0 Å². The quantitative estimate of drug-likeness (QED) is 0.711. The van der Waals surface area contributed by atoms with Crippen molar-refractivity contribution in [2.45, 2.75) is 40.0 Å². The number of carbonyl (C=O) groups is 1. The highest BCUT2D eigenvalue weighted by molar-refractivity contribution is 5.93. The van der Waals surface area contributed by atoms with Crippen molar-refractivity contribution in [2.24, 2.45) is 5.92 Å². The smallest absolute Gasteiger partial charge is 0.159 e. The second kappa shape index (κ2) is 4.48. The molecule has 0 bridgehead atoms. The molecule has 0 aromatic heterocycles. The number of hydrogen-bond acceptors (Lipinski definition) is 1. The molecule has 0 spiro atoms. The van der Waals surface area contributed by atoms with E-state index >= 15 is 0 Å². The van der Waals surface area contributed by atoms with Gasteiger partial charge < -0.3 is 0 Å². The van der Waals surface area contributed by atoms with Gasteiger partial charge in [-0.15, -0.1) is 0 Å². The summed E-state index contributed by atoms with van der Waals surface area (Å²) in [5.41, 5.74) is 5.21. The summed E-state index contributed by atoms with van der Waals surface area (Å²) in [5, 5.41) is 0. The Kier molecular flexibility index (Phi) is 3.19. The van der Waals surface area contributed by atoms with Gasteiger partial charge in [0.2, 0.25) is 0 Å². The van der Waals surface area contributed by atoms with Crippen LogP contribution < -0.4 is 0 Å². The first-order valence-corrected chi connectivity index (χ1v) is 6.28. The maximum atomic E-state index is 11.9. The van der Waals surface area contributed by atoms with Gasteiger partial charge in [-0.25, -0.2) is 0 Å². The van der Waals surface area contributed by atoms with Gasteiger partial charge in [0.1, 0.15) is 0 Å². The molecule has 1 aliphatic rings. The van der Waals surface area contributed by atoms with Crippen LogP contribution in [0.1, 0.15) is 42.9 Å². The normalized spacial score (nSPS) is 24.7. The van der Waals surface area contributed by atoms with Crippen molar-refractivity contribution in [2.75, 3.05) is 0 Å². The molecule has 0 saturated heterocycles. The van der Waals surface area contributed by atoms with E-state index in [-0.39, 0.29) is 11.7 Å². The summed E-state index contributed by atoms with van der Waals surface area (Å²) in [5.74, 6) is 0.742. The lowest BCUT2D eigenvalue weighted by atomic mass is 9.75. The van der Waals surface area contributed by atoms with E-state index in [4.69, 9.17) is 0 Å². The van der Waals surface area contributed by atoms with Gasteiger partial charge in [-0.3, -0.25) is 4.79 Å². The number of carbonyl (C=O) groups excluding carboxylic acids is 1. The van der Waals surface area contributed by atoms with Crippen LogP contribution in [0.15, 0.2) is 29.8 Å². The molecule has 0 heterocycles. The third kappa shape index (κ3) is 2.19. The molecule has 1 aromatic rings. The van der Waals surface area contributed by atoms with Gasteiger partial charge in [-0.1, -0.05) is 30.7 Å². The Hall–Kier alpha value is -1.37. The zero-order chi connectivity index (χ0) is 12.6. The highest BCUT2D eigenvalue weighted by atomic mass is 16.1. The topological polar surface area (TPSA) is 17.1 Å². The molecule has 1 nitrogen and oxygen atoms in total. The van der Waals surface area contributed by atoms with E-state index in [1.54, 1.807) is 0 Å². The van der Waals surface area contributed by atoms with Crippen LogP contribution in [-0.2, 0) is 4.79 Å². The van der Waals surface area contributed by atoms with Crippen LogP contribution in [0.4, 0.5) is 0 Å². The van der Waals surface area contributed by atoms with Crippen LogP contribution in [-0.4, -0.2) is 5.78 Å². The number of benzene rings is 1. The predicted octanol–water partition coefficient (Wildman–Crippen LogP) is 3.94. The summed E-state index contributed by atoms with van der Waals surface area (Å²) in [7, 11) is 0. The largest absolute Gasteiger partial charge is 0.295 e. The van der Waals surface area contributed by atoms with E-state index in [9.17, 15) is 4.79 Å². The van der Waals surface area contributed by atoms with Crippen molar-refractivity contribution >= 4 is 5.78 Å². The monoisotopic (exact) mass is 228 g/mol. The van der Waals surface area contributed by atoms with Crippen molar-refractivity contribution in [3.63, 3.8) is 0 Å². The number of aryl methyl sites for hydroxylation is 1. The van der Waals surface area contributed by atoms with Gasteiger partial charge >= 0.3 is 0 Å². The Morgan fingerprint density at radius 1 is 1.18 bits per heavy atom. The lowest BCUT2D eigenvalue weighted by Crippen LogP contribution is -2.23. The zero-order valence-corrected chi connectivity index (χ0v) is 11.1. The zero-order valence-electron chi connectivity index (χ0n) is 11.1. The molecule has 0 amide bonds. The average molecular weight is 228 g/mol. The van der Waals surface area contributed by atoms with E-state index in [2.05, 4.69) is 45.9 Å². The maximum absolute atomic E-state index is 11.9. The number of allylic oxidation sites excluding steroid dienone is 2. The van der Waals surface area contributed by atoms with Gasteiger partial charge in [-0.05, 0) is 55.9 Å². The first kappa shape index (κ1) is 12.1. The highest BCUT2D eigenvalue weighted by Gasteiger charge is 2.29. The molecular formula is C16H20O. The van der Waals surface area contributed by atoms with Crippen LogP contribution in [0, 0.1) is 19.8 Å². The minimum atomic E-state index is 0.110. The molecule has 17 heavy (non-hydrogen) atoms. The molecule has 1 aromatic carbocycles. The van der Waals surface area contributed by atoms with E-state index in [1.807, 2.05) is 6.08 Å². The van der Waals surface area contributed by atoms with E-state index in [1.165, 1.54) is 22.3 Å². The lowest BCUT2D eigenvalue weighted by Gasteiger charge is -2.28. The second-order valence-electron chi connectivity index (χ2n) is 5.28. The summed E-state index contributed by atoms with van der Waals surface area (Å²) < 4.78 is 0. The summed E-state index contributed by atoms with van der Waals surface area (Å²) in [6.45, 7) is 8.41. The van der Waals surface area contributed by atoms with Gasteiger partial charge in [0, 0.05) is 5.92 Å². The molecule has 2 unspecified atom stereocenters.